The Morgan fingerprint density at radius 1 is 1.23 bits per heavy atom. The van der Waals surface area contributed by atoms with Crippen LogP contribution in [0.2, 0.25) is 0 Å². The first-order valence-corrected chi connectivity index (χ1v) is 11.6. The summed E-state index contributed by atoms with van der Waals surface area (Å²) in [5, 5.41) is 20.0. The minimum absolute atomic E-state index is 0.145. The second-order valence-electron chi connectivity index (χ2n) is 8.15. The number of nitrogens with one attached hydrogen (secondary N) is 3. The van der Waals surface area contributed by atoms with Crippen molar-refractivity contribution in [1.82, 2.24) is 16.1 Å². The molecule has 1 aliphatic rings. The molecule has 9 heteroatoms. The molecule has 35 heavy (non-hydrogen) atoms. The summed E-state index contributed by atoms with van der Waals surface area (Å²) in [5.41, 5.74) is 5.92. The number of hydrazone groups is 1. The van der Waals surface area contributed by atoms with E-state index in [0.717, 1.165) is 42.8 Å². The zero-order valence-electron chi connectivity index (χ0n) is 20.0. The van der Waals surface area contributed by atoms with E-state index in [1.165, 1.54) is 0 Å². The molecule has 3 rings (SSSR count). The van der Waals surface area contributed by atoms with E-state index in [-0.39, 0.29) is 19.0 Å². The summed E-state index contributed by atoms with van der Waals surface area (Å²) in [6, 6.07) is 16.5. The predicted octanol–water partition coefficient (Wildman–Crippen LogP) is 3.68. The summed E-state index contributed by atoms with van der Waals surface area (Å²) in [4.78, 5) is 16.4. The Balaban J connectivity index is 1.40. The number of hydrogen-bond acceptors (Lipinski definition) is 8. The fourth-order valence-electron chi connectivity index (χ4n) is 3.32. The Bertz CT molecular complexity index is 1040. The average Bonchev–Trinajstić information content (AvgIpc) is 3.39. The largest absolute Gasteiger partial charge is 0.511 e. The molecular weight excluding hydrogens is 446 g/mol. The molecule has 0 bridgehead atoms. The molecular formula is C26H33N5O4. The van der Waals surface area contributed by atoms with Gasteiger partial charge in [0.1, 0.15) is 18.1 Å². The monoisotopic (exact) mass is 479 g/mol. The second-order valence-corrected chi connectivity index (χ2v) is 8.15. The second kappa shape index (κ2) is 13.6. The third kappa shape index (κ3) is 9.40. The fourth-order valence-corrected chi connectivity index (χ4v) is 3.32. The third-order valence-electron chi connectivity index (χ3n) is 5.28. The normalized spacial score (nSPS) is 13.9. The maximum atomic E-state index is 12.1. The van der Waals surface area contributed by atoms with E-state index >= 15 is 0 Å². The maximum absolute atomic E-state index is 12.1. The van der Waals surface area contributed by atoms with Crippen LogP contribution in [0.15, 0.2) is 77.0 Å². The van der Waals surface area contributed by atoms with E-state index in [2.05, 4.69) is 32.7 Å². The quantitative estimate of drug-likeness (QED) is 0.210. The van der Waals surface area contributed by atoms with Crippen LogP contribution in [0.3, 0.4) is 0 Å². The van der Waals surface area contributed by atoms with Gasteiger partial charge in [-0.1, -0.05) is 49.0 Å². The number of benzene rings is 2. The lowest BCUT2D eigenvalue weighted by molar-refractivity contribution is 0.132. The van der Waals surface area contributed by atoms with Crippen LogP contribution in [-0.4, -0.2) is 48.6 Å². The molecule has 0 saturated carbocycles. The molecule has 0 aliphatic carbocycles. The number of aliphatic hydroxyl groups excluding tert-OH is 1. The number of rotatable bonds is 12. The lowest BCUT2D eigenvalue weighted by Gasteiger charge is -2.18. The molecule has 1 amide bonds. The van der Waals surface area contributed by atoms with Crippen molar-refractivity contribution < 1.29 is 19.4 Å². The topological polar surface area (TPSA) is 117 Å². The number of nitrogens with zero attached hydrogens (tertiary/aromatic N) is 2. The van der Waals surface area contributed by atoms with Crippen LogP contribution in [0.1, 0.15) is 30.9 Å². The van der Waals surface area contributed by atoms with Crippen molar-refractivity contribution in [3.8, 4) is 5.75 Å². The molecule has 9 nitrogen and oxygen atoms in total. The Morgan fingerprint density at radius 2 is 2.03 bits per heavy atom. The van der Waals surface area contributed by atoms with Crippen LogP contribution in [0, 0.1) is 0 Å². The van der Waals surface area contributed by atoms with Gasteiger partial charge < -0.3 is 25.2 Å². The fraction of sp³-hybridized carbons (Fsp3) is 0.346. The van der Waals surface area contributed by atoms with Gasteiger partial charge in [-0.3, -0.25) is 0 Å². The van der Waals surface area contributed by atoms with E-state index in [1.54, 1.807) is 0 Å². The van der Waals surface area contributed by atoms with Crippen molar-refractivity contribution in [2.75, 3.05) is 19.7 Å². The SMILES string of the molecule is C=C(O)C(CCOc1cccc(CC/C(C)=N/NC2=NCCN2)c1)NC(=O)OCc1ccccc1. The molecule has 2 aromatic carbocycles. The van der Waals surface area contributed by atoms with Crippen LogP contribution in [0.5, 0.6) is 5.75 Å². The Kier molecular flexibility index (Phi) is 9.98. The van der Waals surface area contributed by atoms with Gasteiger partial charge in [0.25, 0.3) is 0 Å². The van der Waals surface area contributed by atoms with Crippen molar-refractivity contribution in [3.63, 3.8) is 0 Å². The van der Waals surface area contributed by atoms with Crippen LogP contribution < -0.4 is 20.8 Å². The molecule has 0 spiro atoms. The van der Waals surface area contributed by atoms with Gasteiger partial charge in [0.2, 0.25) is 5.96 Å². The van der Waals surface area contributed by atoms with Crippen molar-refractivity contribution in [2.24, 2.45) is 10.1 Å². The number of carbonyl (C=O) groups is 1. The van der Waals surface area contributed by atoms with E-state index in [9.17, 15) is 9.90 Å². The molecule has 0 radical (unpaired) electrons. The number of amides is 1. The van der Waals surface area contributed by atoms with Gasteiger partial charge in [-0.25, -0.2) is 15.2 Å². The molecule has 0 saturated heterocycles. The lowest BCUT2D eigenvalue weighted by atomic mass is 10.1. The lowest BCUT2D eigenvalue weighted by Crippen LogP contribution is -2.37. The van der Waals surface area contributed by atoms with Crippen LogP contribution in [0.25, 0.3) is 0 Å². The zero-order valence-corrected chi connectivity index (χ0v) is 20.0. The van der Waals surface area contributed by atoms with Gasteiger partial charge in [-0.05, 0) is 43.0 Å². The summed E-state index contributed by atoms with van der Waals surface area (Å²) < 4.78 is 11.1. The molecule has 0 fully saturated rings. The zero-order chi connectivity index (χ0) is 24.9. The first kappa shape index (κ1) is 25.6. The molecule has 186 valence electrons. The predicted molar refractivity (Wildman–Crippen MR) is 137 cm³/mol. The van der Waals surface area contributed by atoms with E-state index in [0.29, 0.717) is 18.1 Å². The van der Waals surface area contributed by atoms with Gasteiger partial charge in [0, 0.05) is 18.7 Å². The van der Waals surface area contributed by atoms with Crippen LogP contribution in [0.4, 0.5) is 4.79 Å². The Morgan fingerprint density at radius 3 is 2.77 bits per heavy atom. The van der Waals surface area contributed by atoms with Crippen LogP contribution >= 0.6 is 0 Å². The summed E-state index contributed by atoms with van der Waals surface area (Å²) in [5.74, 6) is 1.28. The number of hydrogen-bond donors (Lipinski definition) is 4. The van der Waals surface area contributed by atoms with Gasteiger partial charge in [-0.15, -0.1) is 0 Å². The van der Waals surface area contributed by atoms with E-state index < -0.39 is 12.1 Å². The average molecular weight is 480 g/mol. The molecule has 2 aromatic rings. The smallest absolute Gasteiger partial charge is 0.408 e. The van der Waals surface area contributed by atoms with Gasteiger partial charge in [0.05, 0.1) is 19.2 Å². The van der Waals surface area contributed by atoms with Crippen molar-refractivity contribution >= 4 is 17.8 Å². The molecule has 1 heterocycles. The maximum Gasteiger partial charge on any atom is 0.408 e. The summed E-state index contributed by atoms with van der Waals surface area (Å²) in [7, 11) is 0. The molecule has 1 atom stereocenters. The standard InChI is InChI=1S/C26H33N5O4/c1-19(30-31-25-27-14-15-28-25)11-12-21-9-6-10-23(17-21)34-16-13-24(20(2)32)29-26(33)35-18-22-7-4-3-5-8-22/h3-10,17,24,32H,2,11-16,18H2,1H3,(H,29,33)(H2,27,28,31)/b30-19+. The molecule has 4 N–H and O–H groups in total. The number of aliphatic imine (C=N–C) groups is 1. The summed E-state index contributed by atoms with van der Waals surface area (Å²) in [6.45, 7) is 7.56. The number of alkyl carbamates (subject to hydrolysis) is 1. The minimum Gasteiger partial charge on any atom is -0.511 e. The van der Waals surface area contributed by atoms with Crippen LogP contribution in [-0.2, 0) is 17.8 Å². The van der Waals surface area contributed by atoms with E-state index in [1.807, 2.05) is 61.5 Å². The number of guanidine groups is 1. The molecule has 0 aromatic heterocycles. The highest BCUT2D eigenvalue weighted by Gasteiger charge is 2.16. The Labute approximate surface area is 205 Å². The number of carbonyl (C=O) groups excluding carboxylic acids is 1. The number of ether oxygens (including phenoxy) is 2. The highest BCUT2D eigenvalue weighted by molar-refractivity contribution is 5.86. The first-order chi connectivity index (χ1) is 17.0. The van der Waals surface area contributed by atoms with Crippen molar-refractivity contribution in [1.29, 1.82) is 0 Å². The first-order valence-electron chi connectivity index (χ1n) is 11.6. The van der Waals surface area contributed by atoms with Gasteiger partial charge in [-0.2, -0.15) is 5.10 Å². The van der Waals surface area contributed by atoms with Crippen molar-refractivity contribution in [2.45, 2.75) is 38.8 Å². The Hall–Kier alpha value is -4.01. The number of aryl methyl sites for hydroxylation is 1. The third-order valence-corrected chi connectivity index (χ3v) is 5.28. The van der Waals surface area contributed by atoms with E-state index in [4.69, 9.17) is 9.47 Å². The van der Waals surface area contributed by atoms with Gasteiger partial charge >= 0.3 is 6.09 Å². The van der Waals surface area contributed by atoms with Gasteiger partial charge in [0.15, 0.2) is 0 Å². The highest BCUT2D eigenvalue weighted by atomic mass is 16.5. The summed E-state index contributed by atoms with van der Waals surface area (Å²) >= 11 is 0. The highest BCUT2D eigenvalue weighted by Crippen LogP contribution is 2.16. The molecule has 1 unspecified atom stereocenters. The minimum atomic E-state index is -0.674. The number of aliphatic hydroxyl groups is 1. The molecule has 1 aliphatic heterocycles. The summed E-state index contributed by atoms with van der Waals surface area (Å²) in [6.07, 6.45) is 1.33. The van der Waals surface area contributed by atoms with Crippen molar-refractivity contribution in [3.05, 3.63) is 78.1 Å².